The molecule has 2 amide bonds. The van der Waals surface area contributed by atoms with E-state index in [1.165, 1.54) is 12.8 Å². The molecule has 0 aromatic carbocycles. The van der Waals surface area contributed by atoms with Crippen LogP contribution in [0.5, 0.6) is 0 Å². The number of alkyl carbamates (subject to hydrolysis) is 1. The van der Waals surface area contributed by atoms with Crippen LogP contribution in [0.2, 0.25) is 0 Å². The van der Waals surface area contributed by atoms with Gasteiger partial charge in [-0.2, -0.15) is 0 Å². The number of carbonyl (C=O) groups excluding carboxylic acids is 3. The highest BCUT2D eigenvalue weighted by Gasteiger charge is 2.27. The Hall–Kier alpha value is -1.79. The summed E-state index contributed by atoms with van der Waals surface area (Å²) < 4.78 is 10.2. The third-order valence-electron chi connectivity index (χ3n) is 4.13. The third-order valence-corrected chi connectivity index (χ3v) is 4.13. The van der Waals surface area contributed by atoms with E-state index in [-0.39, 0.29) is 12.5 Å². The summed E-state index contributed by atoms with van der Waals surface area (Å²) in [7, 11) is 0. The zero-order valence-corrected chi connectivity index (χ0v) is 17.5. The first kappa shape index (κ1) is 25.2. The summed E-state index contributed by atoms with van der Waals surface area (Å²) in [6.07, 6.45) is 7.15. The van der Waals surface area contributed by atoms with Crippen LogP contribution in [0.4, 0.5) is 4.79 Å². The smallest absolute Gasteiger partial charge is 0.407 e. The molecule has 0 rings (SSSR count). The Morgan fingerprint density at radius 1 is 0.741 bits per heavy atom. The fourth-order valence-electron chi connectivity index (χ4n) is 2.66. The standard InChI is InChI=1S/C20H38N2O5/c1-5-9-10-11-12-15-27-19(24)17(14-7-3)21-18(23)16(13-6-2)22-20(25)26-8-4/h16-17H,5-15H2,1-4H3,(H,21,23)(H,22,25). The second kappa shape index (κ2) is 16.4. The molecule has 0 fully saturated rings. The van der Waals surface area contributed by atoms with Gasteiger partial charge in [-0.05, 0) is 26.2 Å². The fourth-order valence-corrected chi connectivity index (χ4v) is 2.66. The molecule has 0 aliphatic carbocycles. The van der Waals surface area contributed by atoms with E-state index < -0.39 is 24.1 Å². The summed E-state index contributed by atoms with van der Waals surface area (Å²) >= 11 is 0. The molecular formula is C20H38N2O5. The summed E-state index contributed by atoms with van der Waals surface area (Å²) in [5.41, 5.74) is 0. The highest BCUT2D eigenvalue weighted by atomic mass is 16.5. The first-order valence-electron chi connectivity index (χ1n) is 10.4. The lowest BCUT2D eigenvalue weighted by Gasteiger charge is -2.22. The van der Waals surface area contributed by atoms with Gasteiger partial charge in [0.2, 0.25) is 5.91 Å². The molecule has 7 nitrogen and oxygen atoms in total. The van der Waals surface area contributed by atoms with Gasteiger partial charge in [-0.1, -0.05) is 59.3 Å². The predicted molar refractivity (Wildman–Crippen MR) is 105 cm³/mol. The monoisotopic (exact) mass is 386 g/mol. The van der Waals surface area contributed by atoms with Gasteiger partial charge in [0, 0.05) is 0 Å². The molecule has 2 unspecified atom stereocenters. The first-order valence-corrected chi connectivity index (χ1v) is 10.4. The molecule has 27 heavy (non-hydrogen) atoms. The quantitative estimate of drug-likeness (QED) is 0.331. The number of carbonyl (C=O) groups is 3. The Bertz CT molecular complexity index is 429. The molecule has 7 heteroatoms. The average molecular weight is 387 g/mol. The maximum Gasteiger partial charge on any atom is 0.407 e. The molecule has 0 aliphatic rings. The molecule has 0 saturated carbocycles. The van der Waals surface area contributed by atoms with Crippen molar-refractivity contribution in [2.75, 3.05) is 13.2 Å². The van der Waals surface area contributed by atoms with E-state index in [0.717, 1.165) is 25.7 Å². The maximum atomic E-state index is 12.5. The summed E-state index contributed by atoms with van der Waals surface area (Å²) in [4.78, 5) is 36.5. The molecule has 0 saturated heterocycles. The van der Waals surface area contributed by atoms with Crippen molar-refractivity contribution in [2.45, 2.75) is 97.6 Å². The van der Waals surface area contributed by atoms with Gasteiger partial charge < -0.3 is 20.1 Å². The number of ether oxygens (including phenoxy) is 2. The van der Waals surface area contributed by atoms with Crippen LogP contribution in [-0.2, 0) is 19.1 Å². The van der Waals surface area contributed by atoms with Crippen LogP contribution < -0.4 is 10.6 Å². The van der Waals surface area contributed by atoms with Crippen LogP contribution in [-0.4, -0.2) is 43.3 Å². The number of esters is 1. The number of hydrogen-bond donors (Lipinski definition) is 2. The fraction of sp³-hybridized carbons (Fsp3) is 0.850. The number of rotatable bonds is 15. The summed E-state index contributed by atoms with van der Waals surface area (Å²) in [5, 5.41) is 5.28. The molecule has 0 spiro atoms. The van der Waals surface area contributed by atoms with E-state index in [1.54, 1.807) is 6.92 Å². The van der Waals surface area contributed by atoms with Crippen molar-refractivity contribution in [3.05, 3.63) is 0 Å². The predicted octanol–water partition coefficient (Wildman–Crippen LogP) is 3.70. The van der Waals surface area contributed by atoms with E-state index in [0.29, 0.717) is 25.9 Å². The Balaban J connectivity index is 4.57. The molecule has 0 radical (unpaired) electrons. The Labute approximate surface area is 163 Å². The number of amides is 2. The Morgan fingerprint density at radius 2 is 1.37 bits per heavy atom. The van der Waals surface area contributed by atoms with Crippen molar-refractivity contribution in [1.82, 2.24) is 10.6 Å². The minimum absolute atomic E-state index is 0.231. The molecule has 0 aromatic heterocycles. The van der Waals surface area contributed by atoms with Crippen LogP contribution in [0.15, 0.2) is 0 Å². The average Bonchev–Trinajstić information content (AvgIpc) is 2.63. The summed E-state index contributed by atoms with van der Waals surface area (Å²) in [5.74, 6) is -0.796. The van der Waals surface area contributed by atoms with Crippen LogP contribution in [0.3, 0.4) is 0 Å². The zero-order chi connectivity index (χ0) is 20.5. The van der Waals surface area contributed by atoms with Gasteiger partial charge >= 0.3 is 12.1 Å². The van der Waals surface area contributed by atoms with Gasteiger partial charge in [0.25, 0.3) is 0 Å². The van der Waals surface area contributed by atoms with Crippen molar-refractivity contribution in [3.8, 4) is 0 Å². The van der Waals surface area contributed by atoms with Gasteiger partial charge in [-0.3, -0.25) is 4.79 Å². The van der Waals surface area contributed by atoms with Crippen molar-refractivity contribution in [3.63, 3.8) is 0 Å². The molecule has 0 heterocycles. The topological polar surface area (TPSA) is 93.7 Å². The van der Waals surface area contributed by atoms with Gasteiger partial charge in [-0.15, -0.1) is 0 Å². The third kappa shape index (κ3) is 12.3. The SMILES string of the molecule is CCCCCCCOC(=O)C(CCC)NC(=O)C(CCC)NC(=O)OCC. The van der Waals surface area contributed by atoms with Gasteiger partial charge in [0.15, 0.2) is 0 Å². The second-order valence-corrected chi connectivity index (χ2v) is 6.64. The molecule has 0 aliphatic heterocycles. The van der Waals surface area contributed by atoms with Crippen molar-refractivity contribution in [2.24, 2.45) is 0 Å². The highest BCUT2D eigenvalue weighted by molar-refractivity contribution is 5.89. The Kier molecular flexibility index (Phi) is 15.3. The van der Waals surface area contributed by atoms with E-state index in [9.17, 15) is 14.4 Å². The molecule has 2 atom stereocenters. The van der Waals surface area contributed by atoms with E-state index >= 15 is 0 Å². The lowest BCUT2D eigenvalue weighted by Crippen LogP contribution is -2.52. The number of nitrogens with one attached hydrogen (secondary N) is 2. The van der Waals surface area contributed by atoms with Gasteiger partial charge in [0.1, 0.15) is 12.1 Å². The molecule has 0 aromatic rings. The maximum absolute atomic E-state index is 12.5. The number of unbranched alkanes of at least 4 members (excludes halogenated alkanes) is 4. The normalized spacial score (nSPS) is 12.7. The highest BCUT2D eigenvalue weighted by Crippen LogP contribution is 2.06. The Morgan fingerprint density at radius 3 is 1.96 bits per heavy atom. The van der Waals surface area contributed by atoms with Crippen LogP contribution in [0, 0.1) is 0 Å². The summed E-state index contributed by atoms with van der Waals surface area (Å²) in [6, 6.07) is -1.42. The largest absolute Gasteiger partial charge is 0.464 e. The summed E-state index contributed by atoms with van der Waals surface area (Å²) in [6.45, 7) is 8.32. The first-order chi connectivity index (χ1) is 13.0. The van der Waals surface area contributed by atoms with Crippen molar-refractivity contribution < 1.29 is 23.9 Å². The van der Waals surface area contributed by atoms with Crippen LogP contribution in [0.25, 0.3) is 0 Å². The molecular weight excluding hydrogens is 348 g/mol. The van der Waals surface area contributed by atoms with E-state index in [1.807, 2.05) is 13.8 Å². The van der Waals surface area contributed by atoms with Gasteiger partial charge in [0.05, 0.1) is 13.2 Å². The molecule has 158 valence electrons. The minimum Gasteiger partial charge on any atom is -0.464 e. The zero-order valence-electron chi connectivity index (χ0n) is 17.5. The molecule has 2 N–H and O–H groups in total. The lowest BCUT2D eigenvalue weighted by molar-refractivity contribution is -0.148. The van der Waals surface area contributed by atoms with Crippen LogP contribution >= 0.6 is 0 Å². The van der Waals surface area contributed by atoms with E-state index in [4.69, 9.17) is 9.47 Å². The lowest BCUT2D eigenvalue weighted by atomic mass is 10.1. The molecule has 0 bridgehead atoms. The minimum atomic E-state index is -0.727. The van der Waals surface area contributed by atoms with Crippen LogP contribution in [0.1, 0.15) is 85.5 Å². The van der Waals surface area contributed by atoms with Crippen molar-refractivity contribution >= 4 is 18.0 Å². The second-order valence-electron chi connectivity index (χ2n) is 6.64. The van der Waals surface area contributed by atoms with Crippen molar-refractivity contribution in [1.29, 1.82) is 0 Å². The van der Waals surface area contributed by atoms with Gasteiger partial charge in [-0.25, -0.2) is 9.59 Å². The number of hydrogen-bond acceptors (Lipinski definition) is 5. The van der Waals surface area contributed by atoms with E-state index in [2.05, 4.69) is 17.6 Å².